The van der Waals surface area contributed by atoms with Gasteiger partial charge in [-0.15, -0.1) is 0 Å². The highest BCUT2D eigenvalue weighted by Gasteiger charge is 2.54. The van der Waals surface area contributed by atoms with Gasteiger partial charge in [0.05, 0.1) is 30.9 Å². The van der Waals surface area contributed by atoms with E-state index in [2.05, 4.69) is 4.98 Å². The van der Waals surface area contributed by atoms with E-state index in [1.807, 2.05) is 30.3 Å². The van der Waals surface area contributed by atoms with Crippen LogP contribution < -0.4 is 4.74 Å². The average Bonchev–Trinajstić information content (AvgIpc) is 3.46. The van der Waals surface area contributed by atoms with Crippen molar-refractivity contribution in [3.8, 4) is 5.75 Å². The van der Waals surface area contributed by atoms with Gasteiger partial charge in [-0.1, -0.05) is 30.3 Å². The van der Waals surface area contributed by atoms with Crippen LogP contribution in [-0.4, -0.2) is 72.0 Å². The summed E-state index contributed by atoms with van der Waals surface area (Å²) in [6.07, 6.45) is 4.48. The van der Waals surface area contributed by atoms with Gasteiger partial charge in [0.25, 0.3) is 0 Å². The SMILES string of the molecule is CN(C(=O)C[C@@]1(c2ccccc2)CC(=O)N(CCCOc2cccnc2)C1=O)[C@@H]1CCOC1. The third kappa shape index (κ3) is 4.90. The second kappa shape index (κ2) is 10.1. The van der Waals surface area contributed by atoms with Crippen molar-refractivity contribution >= 4 is 17.7 Å². The monoisotopic (exact) mass is 451 g/mol. The van der Waals surface area contributed by atoms with Crippen molar-refractivity contribution in [2.24, 2.45) is 0 Å². The fraction of sp³-hybridized carbons (Fsp3) is 0.440. The van der Waals surface area contributed by atoms with E-state index in [1.54, 1.807) is 36.5 Å². The van der Waals surface area contributed by atoms with Gasteiger partial charge in [0, 0.05) is 39.2 Å². The molecule has 33 heavy (non-hydrogen) atoms. The molecule has 3 heterocycles. The Bertz CT molecular complexity index is 978. The number of amides is 3. The third-order valence-corrected chi connectivity index (χ3v) is 6.46. The van der Waals surface area contributed by atoms with E-state index in [-0.39, 0.29) is 43.1 Å². The van der Waals surface area contributed by atoms with Crippen molar-refractivity contribution < 1.29 is 23.9 Å². The van der Waals surface area contributed by atoms with Gasteiger partial charge in [0.2, 0.25) is 17.7 Å². The molecule has 2 saturated heterocycles. The molecular weight excluding hydrogens is 422 g/mol. The minimum Gasteiger partial charge on any atom is -0.492 e. The molecule has 2 atom stereocenters. The van der Waals surface area contributed by atoms with E-state index in [0.29, 0.717) is 37.6 Å². The number of nitrogens with zero attached hydrogens (tertiary/aromatic N) is 3. The Morgan fingerprint density at radius 2 is 2.06 bits per heavy atom. The highest BCUT2D eigenvalue weighted by Crippen LogP contribution is 2.40. The fourth-order valence-corrected chi connectivity index (χ4v) is 4.51. The number of ether oxygens (including phenoxy) is 2. The largest absolute Gasteiger partial charge is 0.492 e. The number of aromatic nitrogens is 1. The Morgan fingerprint density at radius 3 is 2.76 bits per heavy atom. The maximum Gasteiger partial charge on any atom is 0.240 e. The Morgan fingerprint density at radius 1 is 1.24 bits per heavy atom. The predicted molar refractivity (Wildman–Crippen MR) is 120 cm³/mol. The highest BCUT2D eigenvalue weighted by molar-refractivity contribution is 6.10. The molecule has 2 aliphatic heterocycles. The first-order chi connectivity index (χ1) is 16.0. The molecule has 174 valence electrons. The van der Waals surface area contributed by atoms with Gasteiger partial charge in [-0.05, 0) is 30.5 Å². The van der Waals surface area contributed by atoms with E-state index in [4.69, 9.17) is 9.47 Å². The molecule has 0 saturated carbocycles. The number of pyridine rings is 1. The number of imide groups is 1. The van der Waals surface area contributed by atoms with Crippen LogP contribution in [0.1, 0.15) is 31.2 Å². The van der Waals surface area contributed by atoms with Crippen molar-refractivity contribution in [3.05, 3.63) is 60.4 Å². The molecule has 1 aromatic heterocycles. The molecule has 0 aliphatic carbocycles. The zero-order valence-corrected chi connectivity index (χ0v) is 18.8. The molecule has 0 bridgehead atoms. The molecule has 2 fully saturated rings. The number of likely N-dealkylation sites (tertiary alicyclic amines) is 1. The predicted octanol–water partition coefficient (Wildman–Crippen LogP) is 2.18. The van der Waals surface area contributed by atoms with Crippen LogP contribution in [0.5, 0.6) is 5.75 Å². The van der Waals surface area contributed by atoms with Crippen molar-refractivity contribution in [2.45, 2.75) is 37.1 Å². The van der Waals surface area contributed by atoms with Gasteiger partial charge in [0.15, 0.2) is 0 Å². The van der Waals surface area contributed by atoms with E-state index < -0.39 is 5.41 Å². The minimum atomic E-state index is -1.19. The zero-order chi connectivity index (χ0) is 23.3. The molecule has 0 radical (unpaired) electrons. The molecule has 0 spiro atoms. The Labute approximate surface area is 193 Å². The molecule has 2 aliphatic rings. The first-order valence-corrected chi connectivity index (χ1v) is 11.3. The van der Waals surface area contributed by atoms with Gasteiger partial charge < -0.3 is 14.4 Å². The van der Waals surface area contributed by atoms with Gasteiger partial charge in [-0.2, -0.15) is 0 Å². The lowest BCUT2D eigenvalue weighted by Gasteiger charge is -2.31. The van der Waals surface area contributed by atoms with Crippen LogP contribution in [0.15, 0.2) is 54.9 Å². The van der Waals surface area contributed by atoms with Gasteiger partial charge >= 0.3 is 0 Å². The van der Waals surface area contributed by atoms with Crippen molar-refractivity contribution in [1.82, 2.24) is 14.8 Å². The first kappa shape index (κ1) is 22.9. The molecule has 8 nitrogen and oxygen atoms in total. The normalized spacial score (nSPS) is 22.6. The van der Waals surface area contributed by atoms with Crippen molar-refractivity contribution in [3.63, 3.8) is 0 Å². The van der Waals surface area contributed by atoms with E-state index >= 15 is 0 Å². The quantitative estimate of drug-likeness (QED) is 0.429. The number of carbonyl (C=O) groups excluding carboxylic acids is 3. The molecule has 1 aromatic carbocycles. The van der Waals surface area contributed by atoms with Crippen LogP contribution in [0.3, 0.4) is 0 Å². The number of hydrogen-bond acceptors (Lipinski definition) is 6. The standard InChI is InChI=1S/C25H29N3O5/c1-27(20-10-14-32-18-20)22(29)15-25(19-7-3-2-4-8-19)16-23(30)28(24(25)31)12-6-13-33-21-9-5-11-26-17-21/h2-5,7-9,11,17,20H,6,10,12-16,18H2,1H3/t20-,25+/m1/s1. The Hall–Kier alpha value is -3.26. The summed E-state index contributed by atoms with van der Waals surface area (Å²) in [6.45, 7) is 1.71. The molecule has 2 aromatic rings. The second-order valence-electron chi connectivity index (χ2n) is 8.57. The topological polar surface area (TPSA) is 89.0 Å². The maximum atomic E-state index is 13.6. The fourth-order valence-electron chi connectivity index (χ4n) is 4.51. The van der Waals surface area contributed by atoms with Crippen molar-refractivity contribution in [1.29, 1.82) is 0 Å². The summed E-state index contributed by atoms with van der Waals surface area (Å²) in [4.78, 5) is 46.7. The molecule has 0 unspecified atom stereocenters. The first-order valence-electron chi connectivity index (χ1n) is 11.3. The van der Waals surface area contributed by atoms with E-state index in [0.717, 1.165) is 6.42 Å². The molecule has 4 rings (SSSR count). The summed E-state index contributed by atoms with van der Waals surface area (Å²) in [7, 11) is 1.75. The average molecular weight is 452 g/mol. The van der Waals surface area contributed by atoms with Crippen LogP contribution in [0.4, 0.5) is 0 Å². The molecule has 8 heteroatoms. The van der Waals surface area contributed by atoms with Crippen LogP contribution in [0.25, 0.3) is 0 Å². The van der Waals surface area contributed by atoms with Crippen molar-refractivity contribution in [2.75, 3.05) is 33.4 Å². The summed E-state index contributed by atoms with van der Waals surface area (Å²) in [6, 6.07) is 12.8. The van der Waals surface area contributed by atoms with Crippen LogP contribution in [0, 0.1) is 0 Å². The summed E-state index contributed by atoms with van der Waals surface area (Å²) in [5.41, 5.74) is -0.491. The molecular formula is C25H29N3O5. The Kier molecular flexibility index (Phi) is 7.03. The van der Waals surface area contributed by atoms with Crippen LogP contribution >= 0.6 is 0 Å². The van der Waals surface area contributed by atoms with Gasteiger partial charge in [-0.3, -0.25) is 24.3 Å². The highest BCUT2D eigenvalue weighted by atomic mass is 16.5. The number of carbonyl (C=O) groups is 3. The number of hydrogen-bond donors (Lipinski definition) is 0. The lowest BCUT2D eigenvalue weighted by molar-refractivity contribution is -0.143. The van der Waals surface area contributed by atoms with Crippen LogP contribution in [-0.2, 0) is 24.5 Å². The van der Waals surface area contributed by atoms with Crippen LogP contribution in [0.2, 0.25) is 0 Å². The summed E-state index contributed by atoms with van der Waals surface area (Å²) < 4.78 is 11.1. The summed E-state index contributed by atoms with van der Waals surface area (Å²) in [5, 5.41) is 0. The second-order valence-corrected chi connectivity index (χ2v) is 8.57. The van der Waals surface area contributed by atoms with Gasteiger partial charge in [0.1, 0.15) is 5.75 Å². The summed E-state index contributed by atoms with van der Waals surface area (Å²) in [5.74, 6) is -0.0913. The third-order valence-electron chi connectivity index (χ3n) is 6.46. The lowest BCUT2D eigenvalue weighted by atomic mass is 9.75. The van der Waals surface area contributed by atoms with E-state index in [1.165, 1.54) is 4.90 Å². The number of rotatable bonds is 9. The maximum absolute atomic E-state index is 13.6. The molecule has 0 N–H and O–H groups in total. The Balaban J connectivity index is 1.47. The number of likely N-dealkylation sites (N-methyl/N-ethyl adjacent to an activating group) is 1. The summed E-state index contributed by atoms with van der Waals surface area (Å²) >= 11 is 0. The molecule has 3 amide bonds. The van der Waals surface area contributed by atoms with E-state index in [9.17, 15) is 14.4 Å². The smallest absolute Gasteiger partial charge is 0.240 e. The number of benzene rings is 1. The lowest BCUT2D eigenvalue weighted by Crippen LogP contribution is -2.45. The van der Waals surface area contributed by atoms with Gasteiger partial charge in [-0.25, -0.2) is 0 Å². The minimum absolute atomic E-state index is 0.00161. The zero-order valence-electron chi connectivity index (χ0n) is 18.8.